The van der Waals surface area contributed by atoms with Gasteiger partial charge in [0.25, 0.3) is 0 Å². The van der Waals surface area contributed by atoms with Gasteiger partial charge in [-0.1, -0.05) is 0 Å². The highest BCUT2D eigenvalue weighted by molar-refractivity contribution is 5.32. The molecule has 0 aromatic carbocycles. The van der Waals surface area contributed by atoms with Gasteiger partial charge in [0.05, 0.1) is 0 Å². The summed E-state index contributed by atoms with van der Waals surface area (Å²) < 4.78 is 1.51. The molecule has 2 aromatic heterocycles. The topological polar surface area (TPSA) is 82.5 Å². The molecule has 6 nitrogen and oxygen atoms in total. The predicted molar refractivity (Wildman–Crippen MR) is 55.6 cm³/mol. The molecule has 0 amide bonds. The highest BCUT2D eigenvalue weighted by atomic mass is 15.4. The average molecular weight is 204 g/mol. The monoisotopic (exact) mass is 204 g/mol. The zero-order chi connectivity index (χ0) is 11.0. The Kier molecular flexibility index (Phi) is 2.11. The summed E-state index contributed by atoms with van der Waals surface area (Å²) in [6.07, 6.45) is 0. The third-order valence-electron chi connectivity index (χ3n) is 1.91. The van der Waals surface area contributed by atoms with E-state index in [1.165, 1.54) is 4.68 Å². The largest absolute Gasteiger partial charge is 0.368 e. The van der Waals surface area contributed by atoms with Gasteiger partial charge < -0.3 is 5.73 Å². The Morgan fingerprint density at radius 3 is 2.33 bits per heavy atom. The Morgan fingerprint density at radius 1 is 1.07 bits per heavy atom. The van der Waals surface area contributed by atoms with E-state index in [0.717, 1.165) is 5.69 Å². The van der Waals surface area contributed by atoms with Crippen LogP contribution in [0.25, 0.3) is 5.82 Å². The molecule has 0 saturated carbocycles. The minimum Gasteiger partial charge on any atom is -0.368 e. The summed E-state index contributed by atoms with van der Waals surface area (Å²) in [5, 5.41) is 4.15. The second kappa shape index (κ2) is 3.30. The Labute approximate surface area is 87.2 Å². The maximum Gasteiger partial charge on any atom is 0.225 e. The van der Waals surface area contributed by atoms with Gasteiger partial charge in [0.15, 0.2) is 5.82 Å². The van der Waals surface area contributed by atoms with Crippen LogP contribution in [0.1, 0.15) is 17.3 Å². The van der Waals surface area contributed by atoms with E-state index in [4.69, 9.17) is 5.73 Å². The lowest BCUT2D eigenvalue weighted by molar-refractivity contribution is 0.819. The minimum absolute atomic E-state index is 0.338. The summed E-state index contributed by atoms with van der Waals surface area (Å²) in [4.78, 5) is 12.4. The number of hydrogen-bond acceptors (Lipinski definition) is 5. The van der Waals surface area contributed by atoms with Gasteiger partial charge in [0, 0.05) is 11.8 Å². The first-order valence-corrected chi connectivity index (χ1v) is 4.58. The fourth-order valence-corrected chi connectivity index (χ4v) is 1.41. The Balaban J connectivity index is 2.58. The molecular weight excluding hydrogens is 192 g/mol. The summed E-state index contributed by atoms with van der Waals surface area (Å²) in [6.45, 7) is 5.52. The van der Waals surface area contributed by atoms with Crippen molar-refractivity contribution in [3.63, 3.8) is 0 Å². The lowest BCUT2D eigenvalue weighted by atomic mass is 10.4. The number of nitrogen functional groups attached to an aromatic ring is 1. The summed E-state index contributed by atoms with van der Waals surface area (Å²) >= 11 is 0. The zero-order valence-corrected chi connectivity index (χ0v) is 8.89. The summed E-state index contributed by atoms with van der Waals surface area (Å²) in [5.41, 5.74) is 6.58. The third kappa shape index (κ3) is 1.78. The predicted octanol–water partition coefficient (Wildman–Crippen LogP) is 0.565. The highest BCUT2D eigenvalue weighted by Crippen LogP contribution is 2.09. The molecular formula is C9H12N6. The van der Waals surface area contributed by atoms with Crippen molar-refractivity contribution in [2.75, 3.05) is 5.73 Å². The smallest absolute Gasteiger partial charge is 0.225 e. The van der Waals surface area contributed by atoms with Crippen LogP contribution in [0.2, 0.25) is 0 Å². The van der Waals surface area contributed by atoms with Crippen molar-refractivity contribution in [2.45, 2.75) is 20.8 Å². The maximum absolute atomic E-state index is 5.70. The molecule has 0 aliphatic rings. The van der Waals surface area contributed by atoms with Crippen LogP contribution < -0.4 is 5.73 Å². The van der Waals surface area contributed by atoms with Gasteiger partial charge in [-0.2, -0.15) is 9.67 Å². The molecule has 2 N–H and O–H groups in total. The molecule has 2 aromatic rings. The molecule has 0 saturated heterocycles. The first-order valence-electron chi connectivity index (χ1n) is 4.58. The van der Waals surface area contributed by atoms with E-state index in [1.54, 1.807) is 6.92 Å². The van der Waals surface area contributed by atoms with Crippen molar-refractivity contribution < 1.29 is 0 Å². The normalized spacial score (nSPS) is 10.6. The molecule has 0 bridgehead atoms. The molecule has 0 radical (unpaired) electrons. The standard InChI is InChI=1S/C9H12N6/c1-5-4-8(12-6(2)11-5)15-9(10)13-7(3)14-15/h4H,1-3H3,(H2,10,13,14). The number of nitrogens with two attached hydrogens (primary N) is 1. The SMILES string of the molecule is Cc1cc(-n2nc(C)nc2N)nc(C)n1. The molecule has 0 aliphatic heterocycles. The van der Waals surface area contributed by atoms with Gasteiger partial charge in [-0.05, 0) is 20.8 Å². The molecule has 0 unspecified atom stereocenters. The first kappa shape index (κ1) is 9.57. The van der Waals surface area contributed by atoms with E-state index in [1.807, 2.05) is 19.9 Å². The Bertz CT molecular complexity index is 481. The van der Waals surface area contributed by atoms with Gasteiger partial charge in [0.2, 0.25) is 5.95 Å². The van der Waals surface area contributed by atoms with Gasteiger partial charge in [-0.15, -0.1) is 5.10 Å². The number of aromatic nitrogens is 5. The van der Waals surface area contributed by atoms with E-state index >= 15 is 0 Å². The number of rotatable bonds is 1. The summed E-state index contributed by atoms with van der Waals surface area (Å²) in [6, 6.07) is 1.82. The van der Waals surface area contributed by atoms with Crippen LogP contribution in [0.5, 0.6) is 0 Å². The van der Waals surface area contributed by atoms with E-state index in [0.29, 0.717) is 23.4 Å². The third-order valence-corrected chi connectivity index (χ3v) is 1.91. The Hall–Kier alpha value is -1.98. The van der Waals surface area contributed by atoms with Crippen LogP contribution >= 0.6 is 0 Å². The highest BCUT2D eigenvalue weighted by Gasteiger charge is 2.08. The van der Waals surface area contributed by atoms with E-state index in [2.05, 4.69) is 20.1 Å². The van der Waals surface area contributed by atoms with Gasteiger partial charge in [-0.3, -0.25) is 0 Å². The van der Waals surface area contributed by atoms with Crippen LogP contribution in [0.3, 0.4) is 0 Å². The van der Waals surface area contributed by atoms with Crippen LogP contribution in [0, 0.1) is 20.8 Å². The van der Waals surface area contributed by atoms with Crippen molar-refractivity contribution in [3.8, 4) is 5.82 Å². The van der Waals surface area contributed by atoms with Crippen molar-refractivity contribution in [3.05, 3.63) is 23.4 Å². The van der Waals surface area contributed by atoms with Gasteiger partial charge in [-0.25, -0.2) is 9.97 Å². The zero-order valence-electron chi connectivity index (χ0n) is 8.89. The van der Waals surface area contributed by atoms with Crippen LogP contribution in [0.4, 0.5) is 5.95 Å². The van der Waals surface area contributed by atoms with Crippen molar-refractivity contribution in [1.29, 1.82) is 0 Å². The number of aryl methyl sites for hydroxylation is 3. The lowest BCUT2D eigenvalue weighted by Gasteiger charge is -2.03. The van der Waals surface area contributed by atoms with E-state index in [-0.39, 0.29) is 0 Å². The summed E-state index contributed by atoms with van der Waals surface area (Å²) in [5.74, 6) is 2.31. The van der Waals surface area contributed by atoms with E-state index < -0.39 is 0 Å². The molecule has 0 aliphatic carbocycles. The molecule has 2 heterocycles. The summed E-state index contributed by atoms with van der Waals surface area (Å²) in [7, 11) is 0. The number of hydrogen-bond donors (Lipinski definition) is 1. The molecule has 2 rings (SSSR count). The molecule has 15 heavy (non-hydrogen) atoms. The average Bonchev–Trinajstić information content (AvgIpc) is 2.43. The number of nitrogens with zero attached hydrogens (tertiary/aromatic N) is 5. The fourth-order valence-electron chi connectivity index (χ4n) is 1.41. The molecule has 6 heteroatoms. The molecule has 0 atom stereocenters. The van der Waals surface area contributed by atoms with Crippen LogP contribution in [0.15, 0.2) is 6.07 Å². The Morgan fingerprint density at radius 2 is 1.80 bits per heavy atom. The van der Waals surface area contributed by atoms with E-state index in [9.17, 15) is 0 Å². The van der Waals surface area contributed by atoms with Gasteiger partial charge >= 0.3 is 0 Å². The van der Waals surface area contributed by atoms with Crippen molar-refractivity contribution >= 4 is 5.95 Å². The first-order chi connectivity index (χ1) is 7.06. The second-order valence-electron chi connectivity index (χ2n) is 3.34. The maximum atomic E-state index is 5.70. The quantitative estimate of drug-likeness (QED) is 0.734. The van der Waals surface area contributed by atoms with Gasteiger partial charge in [0.1, 0.15) is 11.6 Å². The second-order valence-corrected chi connectivity index (χ2v) is 3.34. The van der Waals surface area contributed by atoms with Crippen LogP contribution in [-0.4, -0.2) is 24.7 Å². The van der Waals surface area contributed by atoms with Crippen LogP contribution in [-0.2, 0) is 0 Å². The van der Waals surface area contributed by atoms with Crippen molar-refractivity contribution in [1.82, 2.24) is 24.7 Å². The number of anilines is 1. The molecule has 0 spiro atoms. The molecule has 0 fully saturated rings. The lowest BCUT2D eigenvalue weighted by Crippen LogP contribution is -2.07. The fraction of sp³-hybridized carbons (Fsp3) is 0.333. The van der Waals surface area contributed by atoms with Crippen molar-refractivity contribution in [2.24, 2.45) is 0 Å². The molecule has 78 valence electrons. The minimum atomic E-state index is 0.338.